The Morgan fingerprint density at radius 1 is 1.14 bits per heavy atom. The predicted molar refractivity (Wildman–Crippen MR) is 76.7 cm³/mol. The van der Waals surface area contributed by atoms with E-state index in [9.17, 15) is 18.4 Å². The summed E-state index contributed by atoms with van der Waals surface area (Å²) < 4.78 is 28.2. The van der Waals surface area contributed by atoms with Gasteiger partial charge in [0.05, 0.1) is 13.1 Å². The molecule has 1 aromatic rings. The zero-order valence-corrected chi connectivity index (χ0v) is 12.2. The number of rotatable bonds is 9. The molecule has 0 bridgehead atoms. The van der Waals surface area contributed by atoms with E-state index in [1.54, 1.807) is 12.1 Å². The van der Waals surface area contributed by atoms with E-state index in [2.05, 4.69) is 20.7 Å². The van der Waals surface area contributed by atoms with Gasteiger partial charge in [0.15, 0.2) is 0 Å². The normalized spacial score (nSPS) is 10.4. The Kier molecular flexibility index (Phi) is 7.84. The predicted octanol–water partition coefficient (Wildman–Crippen LogP) is 0.282. The van der Waals surface area contributed by atoms with Gasteiger partial charge in [0.25, 0.3) is 0 Å². The Labute approximate surface area is 127 Å². The smallest absolute Gasteiger partial charge is 0.387 e. The van der Waals surface area contributed by atoms with Gasteiger partial charge in [-0.15, -0.1) is 0 Å². The van der Waals surface area contributed by atoms with Gasteiger partial charge < -0.3 is 15.4 Å². The molecule has 1 aromatic carbocycles. The molecule has 0 aliphatic carbocycles. The van der Waals surface area contributed by atoms with Gasteiger partial charge >= 0.3 is 6.61 Å². The Bertz CT molecular complexity index is 481. The molecule has 2 amide bonds. The van der Waals surface area contributed by atoms with Crippen molar-refractivity contribution < 1.29 is 23.1 Å². The van der Waals surface area contributed by atoms with E-state index in [1.165, 1.54) is 19.2 Å². The minimum Gasteiger partial charge on any atom is -0.435 e. The van der Waals surface area contributed by atoms with Crippen molar-refractivity contribution in [2.24, 2.45) is 0 Å². The summed E-state index contributed by atoms with van der Waals surface area (Å²) in [6.07, 6.45) is 0.566. The Balaban J connectivity index is 2.20. The van der Waals surface area contributed by atoms with Gasteiger partial charge in [-0.3, -0.25) is 14.9 Å². The van der Waals surface area contributed by atoms with Crippen molar-refractivity contribution in [2.75, 3.05) is 26.7 Å². The molecular formula is C14H19F2N3O3. The lowest BCUT2D eigenvalue weighted by molar-refractivity contribution is -0.121. The first-order valence-electron chi connectivity index (χ1n) is 6.73. The highest BCUT2D eigenvalue weighted by Gasteiger charge is 2.05. The summed E-state index contributed by atoms with van der Waals surface area (Å²) in [5.74, 6) is -0.318. The molecule has 0 atom stereocenters. The zero-order chi connectivity index (χ0) is 16.4. The summed E-state index contributed by atoms with van der Waals surface area (Å²) in [7, 11) is 1.52. The van der Waals surface area contributed by atoms with Crippen molar-refractivity contribution in [3.05, 3.63) is 29.8 Å². The molecule has 22 heavy (non-hydrogen) atoms. The first kappa shape index (κ1) is 17.8. The van der Waals surface area contributed by atoms with Crippen LogP contribution in [0.2, 0.25) is 0 Å². The number of alkyl halides is 2. The highest BCUT2D eigenvalue weighted by molar-refractivity contribution is 5.80. The van der Waals surface area contributed by atoms with Crippen molar-refractivity contribution >= 4 is 11.8 Å². The standard InChI is InChI=1S/C14H19F2N3O3/c1-17-12(20)8-18-9-13(21)19-7-6-10-2-4-11(5-3-10)22-14(15)16/h2-5,14,18H,6-9H2,1H3,(H,17,20)(H,19,21). The lowest BCUT2D eigenvalue weighted by Crippen LogP contribution is -2.39. The molecule has 0 radical (unpaired) electrons. The number of benzene rings is 1. The Morgan fingerprint density at radius 2 is 1.77 bits per heavy atom. The highest BCUT2D eigenvalue weighted by atomic mass is 19.3. The van der Waals surface area contributed by atoms with Crippen LogP contribution in [0, 0.1) is 0 Å². The van der Waals surface area contributed by atoms with Crippen LogP contribution in [0.4, 0.5) is 8.78 Å². The van der Waals surface area contributed by atoms with Gasteiger partial charge in [0.2, 0.25) is 11.8 Å². The summed E-state index contributed by atoms with van der Waals surface area (Å²) in [4.78, 5) is 22.4. The topological polar surface area (TPSA) is 79.5 Å². The third kappa shape index (κ3) is 7.53. The van der Waals surface area contributed by atoms with Crippen molar-refractivity contribution in [1.82, 2.24) is 16.0 Å². The molecular weight excluding hydrogens is 296 g/mol. The molecule has 0 aromatic heterocycles. The van der Waals surface area contributed by atoms with E-state index < -0.39 is 6.61 Å². The quantitative estimate of drug-likeness (QED) is 0.612. The van der Waals surface area contributed by atoms with Crippen LogP contribution in [0.3, 0.4) is 0 Å². The number of likely N-dealkylation sites (N-methyl/N-ethyl adjacent to an activating group) is 1. The molecule has 0 saturated heterocycles. The SMILES string of the molecule is CNC(=O)CNCC(=O)NCCc1ccc(OC(F)F)cc1. The van der Waals surface area contributed by atoms with Gasteiger partial charge in [-0.1, -0.05) is 12.1 Å². The molecule has 3 N–H and O–H groups in total. The minimum absolute atomic E-state index is 0.0502. The molecule has 0 unspecified atom stereocenters. The maximum Gasteiger partial charge on any atom is 0.387 e. The van der Waals surface area contributed by atoms with Gasteiger partial charge in [0.1, 0.15) is 5.75 Å². The second-order valence-electron chi connectivity index (χ2n) is 4.40. The average Bonchev–Trinajstić information content (AvgIpc) is 2.48. The Hall–Kier alpha value is -2.22. The molecule has 0 aliphatic heterocycles. The van der Waals surface area contributed by atoms with Gasteiger partial charge in [-0.25, -0.2) is 0 Å². The van der Waals surface area contributed by atoms with E-state index in [1.807, 2.05) is 0 Å². The molecule has 0 aliphatic rings. The second kappa shape index (κ2) is 9.67. The monoisotopic (exact) mass is 315 g/mol. The number of carbonyl (C=O) groups is 2. The number of ether oxygens (including phenoxy) is 1. The third-order valence-electron chi connectivity index (χ3n) is 2.73. The third-order valence-corrected chi connectivity index (χ3v) is 2.73. The van der Waals surface area contributed by atoms with Gasteiger partial charge in [-0.2, -0.15) is 8.78 Å². The van der Waals surface area contributed by atoms with Crippen molar-refractivity contribution in [3.63, 3.8) is 0 Å². The van der Waals surface area contributed by atoms with Crippen LogP contribution in [0.15, 0.2) is 24.3 Å². The van der Waals surface area contributed by atoms with Crippen molar-refractivity contribution in [2.45, 2.75) is 13.0 Å². The summed E-state index contributed by atoms with van der Waals surface area (Å²) in [6.45, 7) is -2.30. The fourth-order valence-corrected chi connectivity index (χ4v) is 1.62. The van der Waals surface area contributed by atoms with E-state index in [0.717, 1.165) is 5.56 Å². The lowest BCUT2D eigenvalue weighted by atomic mass is 10.1. The van der Waals surface area contributed by atoms with Crippen LogP contribution in [0.5, 0.6) is 5.75 Å². The van der Waals surface area contributed by atoms with Crippen LogP contribution in [0.25, 0.3) is 0 Å². The largest absolute Gasteiger partial charge is 0.435 e. The summed E-state index contributed by atoms with van der Waals surface area (Å²) in [6, 6.07) is 6.23. The fraction of sp³-hybridized carbons (Fsp3) is 0.429. The van der Waals surface area contributed by atoms with E-state index in [0.29, 0.717) is 13.0 Å². The number of carbonyl (C=O) groups excluding carboxylic acids is 2. The molecule has 0 heterocycles. The minimum atomic E-state index is -2.84. The molecule has 6 nitrogen and oxygen atoms in total. The van der Waals surface area contributed by atoms with E-state index in [-0.39, 0.29) is 30.7 Å². The highest BCUT2D eigenvalue weighted by Crippen LogP contribution is 2.14. The molecule has 0 spiro atoms. The zero-order valence-electron chi connectivity index (χ0n) is 12.2. The maximum absolute atomic E-state index is 12.0. The number of nitrogens with one attached hydrogen (secondary N) is 3. The van der Waals surface area contributed by atoms with Crippen LogP contribution in [0.1, 0.15) is 5.56 Å². The lowest BCUT2D eigenvalue weighted by Gasteiger charge is -2.08. The molecule has 0 fully saturated rings. The van der Waals surface area contributed by atoms with E-state index >= 15 is 0 Å². The second-order valence-corrected chi connectivity index (χ2v) is 4.40. The fourth-order valence-electron chi connectivity index (χ4n) is 1.62. The first-order valence-corrected chi connectivity index (χ1v) is 6.73. The number of halogens is 2. The number of hydrogen-bond donors (Lipinski definition) is 3. The number of hydrogen-bond acceptors (Lipinski definition) is 4. The molecule has 122 valence electrons. The maximum atomic E-state index is 12.0. The summed E-state index contributed by atoms with van der Waals surface area (Å²) in [5.41, 5.74) is 0.889. The first-order chi connectivity index (χ1) is 10.5. The van der Waals surface area contributed by atoms with Crippen LogP contribution in [-0.2, 0) is 16.0 Å². The molecule has 0 saturated carbocycles. The van der Waals surface area contributed by atoms with Gasteiger partial charge in [-0.05, 0) is 24.1 Å². The van der Waals surface area contributed by atoms with E-state index in [4.69, 9.17) is 0 Å². The Morgan fingerprint density at radius 3 is 2.36 bits per heavy atom. The van der Waals surface area contributed by atoms with Gasteiger partial charge in [0, 0.05) is 13.6 Å². The van der Waals surface area contributed by atoms with Crippen LogP contribution in [-0.4, -0.2) is 45.1 Å². The summed E-state index contributed by atoms with van der Waals surface area (Å²) in [5, 5.41) is 7.81. The van der Waals surface area contributed by atoms with Crippen LogP contribution >= 0.6 is 0 Å². The number of amides is 2. The summed E-state index contributed by atoms with van der Waals surface area (Å²) >= 11 is 0. The van der Waals surface area contributed by atoms with Crippen molar-refractivity contribution in [1.29, 1.82) is 0 Å². The van der Waals surface area contributed by atoms with Crippen molar-refractivity contribution in [3.8, 4) is 5.75 Å². The molecule has 8 heteroatoms. The average molecular weight is 315 g/mol. The van der Waals surface area contributed by atoms with Crippen LogP contribution < -0.4 is 20.7 Å². The molecule has 1 rings (SSSR count).